The summed E-state index contributed by atoms with van der Waals surface area (Å²) in [5.74, 6) is -0.157. The first-order valence-electron chi connectivity index (χ1n) is 7.35. The van der Waals surface area contributed by atoms with Crippen molar-refractivity contribution in [3.8, 4) is 11.1 Å². The van der Waals surface area contributed by atoms with Gasteiger partial charge in [0, 0.05) is 23.5 Å². The molecule has 0 spiro atoms. The average Bonchev–Trinajstić information content (AvgIpc) is 2.98. The van der Waals surface area contributed by atoms with Gasteiger partial charge in [0.1, 0.15) is 9.52 Å². The van der Waals surface area contributed by atoms with Crippen LogP contribution in [0.2, 0.25) is 0 Å². The molecular formula is C17H13N3OS3. The second-order valence-electron chi connectivity index (χ2n) is 5.97. The molecule has 0 saturated heterocycles. The highest BCUT2D eigenvalue weighted by Gasteiger charge is 2.43. The lowest BCUT2D eigenvalue weighted by Crippen LogP contribution is -2.48. The lowest BCUT2D eigenvalue weighted by molar-refractivity contribution is 0.0956. The standard InChI is InChI=1S/C17H13N3OS3/c1-17(2)14-13(16(22)24-23-14)10-5-3-4-6-12(10)20(17)15(21)11-9-18-7-8-19-11/h3-9H,1-2H3. The van der Waals surface area contributed by atoms with Gasteiger partial charge in [0.25, 0.3) is 5.91 Å². The third kappa shape index (κ3) is 2.16. The number of rotatable bonds is 1. The monoisotopic (exact) mass is 371 g/mol. The second kappa shape index (κ2) is 5.54. The molecule has 120 valence electrons. The quantitative estimate of drug-likeness (QED) is 0.451. The zero-order chi connectivity index (χ0) is 16.9. The normalized spacial score (nSPS) is 14.8. The van der Waals surface area contributed by atoms with Crippen molar-refractivity contribution in [2.24, 2.45) is 0 Å². The van der Waals surface area contributed by atoms with Crippen molar-refractivity contribution in [2.45, 2.75) is 19.4 Å². The minimum Gasteiger partial charge on any atom is -0.296 e. The third-order valence-corrected chi connectivity index (χ3v) is 7.48. The van der Waals surface area contributed by atoms with E-state index in [4.69, 9.17) is 12.2 Å². The first kappa shape index (κ1) is 15.6. The fourth-order valence-corrected chi connectivity index (χ4v) is 6.35. The Kier molecular flexibility index (Phi) is 3.59. The van der Waals surface area contributed by atoms with Crippen LogP contribution in [-0.2, 0) is 5.54 Å². The Morgan fingerprint density at radius 2 is 2.00 bits per heavy atom. The third-order valence-electron chi connectivity index (χ3n) is 4.15. The van der Waals surface area contributed by atoms with E-state index in [1.807, 2.05) is 43.0 Å². The molecule has 0 bridgehead atoms. The summed E-state index contributed by atoms with van der Waals surface area (Å²) < 4.78 is 0.877. The number of carbonyl (C=O) groups excluding carboxylic acids is 1. The molecular weight excluding hydrogens is 358 g/mol. The van der Waals surface area contributed by atoms with Gasteiger partial charge in [-0.2, -0.15) is 0 Å². The summed E-state index contributed by atoms with van der Waals surface area (Å²) in [7, 11) is 3.23. The van der Waals surface area contributed by atoms with Crippen LogP contribution in [0.15, 0.2) is 42.9 Å². The largest absolute Gasteiger partial charge is 0.296 e. The SMILES string of the molecule is CC1(C)c2ssc(=S)c2-c2ccccc2N1C(=O)c1cnccn1. The Labute approximate surface area is 151 Å². The Hall–Kier alpha value is -1.96. The molecule has 0 radical (unpaired) electrons. The fraction of sp³-hybridized carbons (Fsp3) is 0.176. The summed E-state index contributed by atoms with van der Waals surface area (Å²) in [5.41, 5.74) is 2.79. The number of hydrogen-bond acceptors (Lipinski definition) is 6. The first-order valence-corrected chi connectivity index (χ1v) is 9.91. The van der Waals surface area contributed by atoms with Gasteiger partial charge in [-0.1, -0.05) is 51.1 Å². The van der Waals surface area contributed by atoms with E-state index in [-0.39, 0.29) is 5.91 Å². The van der Waals surface area contributed by atoms with Crippen LogP contribution in [0.25, 0.3) is 11.1 Å². The van der Waals surface area contributed by atoms with Gasteiger partial charge in [-0.15, -0.1) is 0 Å². The van der Waals surface area contributed by atoms with Crippen LogP contribution >= 0.6 is 32.9 Å². The van der Waals surface area contributed by atoms with Crippen LogP contribution in [0.3, 0.4) is 0 Å². The van der Waals surface area contributed by atoms with E-state index in [1.54, 1.807) is 26.9 Å². The zero-order valence-electron chi connectivity index (χ0n) is 13.0. The minimum atomic E-state index is -0.503. The molecule has 2 aromatic heterocycles. The number of anilines is 1. The summed E-state index contributed by atoms with van der Waals surface area (Å²) in [6, 6.07) is 7.90. The van der Waals surface area contributed by atoms with Gasteiger partial charge in [-0.3, -0.25) is 14.7 Å². The van der Waals surface area contributed by atoms with E-state index >= 15 is 0 Å². The predicted octanol–water partition coefficient (Wildman–Crippen LogP) is 4.89. The van der Waals surface area contributed by atoms with Crippen molar-refractivity contribution in [3.63, 3.8) is 0 Å². The zero-order valence-corrected chi connectivity index (χ0v) is 15.5. The summed E-state index contributed by atoms with van der Waals surface area (Å²) >= 11 is 5.55. The van der Waals surface area contributed by atoms with Gasteiger partial charge in [-0.25, -0.2) is 4.98 Å². The first-order chi connectivity index (χ1) is 11.5. The molecule has 0 unspecified atom stereocenters. The second-order valence-corrected chi connectivity index (χ2v) is 8.78. The molecule has 4 rings (SSSR count). The number of carbonyl (C=O) groups is 1. The fourth-order valence-electron chi connectivity index (χ4n) is 3.07. The summed E-state index contributed by atoms with van der Waals surface area (Å²) in [5, 5.41) is 0. The van der Waals surface area contributed by atoms with Crippen molar-refractivity contribution < 1.29 is 4.79 Å². The maximum atomic E-state index is 13.2. The molecule has 1 aromatic carbocycles. The van der Waals surface area contributed by atoms with Crippen LogP contribution in [0, 0.1) is 3.82 Å². The topological polar surface area (TPSA) is 46.1 Å². The van der Waals surface area contributed by atoms with Gasteiger partial charge in [0.2, 0.25) is 0 Å². The van der Waals surface area contributed by atoms with E-state index in [0.717, 1.165) is 25.5 Å². The number of para-hydroxylation sites is 1. The molecule has 0 aliphatic carbocycles. The molecule has 0 saturated carbocycles. The Bertz CT molecular complexity index is 992. The lowest BCUT2D eigenvalue weighted by Gasteiger charge is -2.42. The average molecular weight is 372 g/mol. The molecule has 1 amide bonds. The molecule has 4 nitrogen and oxygen atoms in total. The van der Waals surface area contributed by atoms with Gasteiger partial charge >= 0.3 is 0 Å². The predicted molar refractivity (Wildman–Crippen MR) is 100 cm³/mol. The molecule has 3 heterocycles. The highest BCUT2D eigenvalue weighted by molar-refractivity contribution is 7.80. The number of benzene rings is 1. The van der Waals surface area contributed by atoms with E-state index in [2.05, 4.69) is 9.97 Å². The Balaban J connectivity index is 1.98. The van der Waals surface area contributed by atoms with Crippen molar-refractivity contribution in [1.29, 1.82) is 0 Å². The molecule has 1 aliphatic rings. The van der Waals surface area contributed by atoms with Crippen molar-refractivity contribution in [1.82, 2.24) is 9.97 Å². The summed E-state index contributed by atoms with van der Waals surface area (Å²) in [6.07, 6.45) is 4.61. The maximum absolute atomic E-state index is 13.2. The minimum absolute atomic E-state index is 0.157. The number of amides is 1. The van der Waals surface area contributed by atoms with Crippen molar-refractivity contribution in [3.05, 3.63) is 57.3 Å². The molecule has 1 aliphatic heterocycles. The van der Waals surface area contributed by atoms with Crippen LogP contribution < -0.4 is 4.90 Å². The van der Waals surface area contributed by atoms with Crippen molar-refractivity contribution in [2.75, 3.05) is 4.90 Å². The van der Waals surface area contributed by atoms with Gasteiger partial charge < -0.3 is 0 Å². The van der Waals surface area contributed by atoms with Gasteiger partial charge in [-0.05, 0) is 19.9 Å². The molecule has 3 aromatic rings. The Morgan fingerprint density at radius 1 is 1.21 bits per heavy atom. The lowest BCUT2D eigenvalue weighted by atomic mass is 9.87. The van der Waals surface area contributed by atoms with Crippen LogP contribution in [0.1, 0.15) is 29.2 Å². The van der Waals surface area contributed by atoms with Crippen LogP contribution in [0.5, 0.6) is 0 Å². The van der Waals surface area contributed by atoms with Gasteiger partial charge in [0.15, 0.2) is 0 Å². The molecule has 24 heavy (non-hydrogen) atoms. The molecule has 0 fully saturated rings. The maximum Gasteiger partial charge on any atom is 0.279 e. The number of hydrogen-bond donors (Lipinski definition) is 0. The van der Waals surface area contributed by atoms with Crippen molar-refractivity contribution >= 4 is 44.5 Å². The number of nitrogens with zero attached hydrogens (tertiary/aromatic N) is 3. The molecule has 0 atom stereocenters. The smallest absolute Gasteiger partial charge is 0.279 e. The van der Waals surface area contributed by atoms with E-state index in [1.165, 1.54) is 12.4 Å². The Morgan fingerprint density at radius 3 is 2.75 bits per heavy atom. The van der Waals surface area contributed by atoms with E-state index in [9.17, 15) is 4.79 Å². The van der Waals surface area contributed by atoms with E-state index < -0.39 is 5.54 Å². The van der Waals surface area contributed by atoms with Gasteiger partial charge in [0.05, 0.1) is 22.3 Å². The molecule has 7 heteroatoms. The highest BCUT2D eigenvalue weighted by Crippen LogP contribution is 2.52. The summed E-state index contributed by atoms with van der Waals surface area (Å²) in [4.78, 5) is 24.3. The summed E-state index contributed by atoms with van der Waals surface area (Å²) in [6.45, 7) is 4.10. The highest BCUT2D eigenvalue weighted by atomic mass is 32.9. The van der Waals surface area contributed by atoms with E-state index in [0.29, 0.717) is 5.69 Å². The molecule has 0 N–H and O–H groups in total. The number of fused-ring (bicyclic) bond motifs is 3. The number of aromatic nitrogens is 2. The van der Waals surface area contributed by atoms with Crippen LogP contribution in [-0.4, -0.2) is 15.9 Å². The van der Waals surface area contributed by atoms with Crippen LogP contribution in [0.4, 0.5) is 5.69 Å².